The second kappa shape index (κ2) is 9.90. The highest BCUT2D eigenvalue weighted by molar-refractivity contribution is 5.80. The lowest BCUT2D eigenvalue weighted by Gasteiger charge is -2.34. The number of anilines is 1. The third-order valence-electron chi connectivity index (χ3n) is 5.60. The summed E-state index contributed by atoms with van der Waals surface area (Å²) >= 11 is 0. The second-order valence-corrected chi connectivity index (χ2v) is 7.40. The van der Waals surface area contributed by atoms with E-state index >= 15 is 0 Å². The van der Waals surface area contributed by atoms with Gasteiger partial charge >= 0.3 is 0 Å². The molecule has 2 fully saturated rings. The summed E-state index contributed by atoms with van der Waals surface area (Å²) in [6.45, 7) is 11.3. The molecule has 3 heterocycles. The summed E-state index contributed by atoms with van der Waals surface area (Å²) in [5, 5.41) is 3.48. The Balaban J connectivity index is 1.48. The monoisotopic (exact) mass is 374 g/mol. The summed E-state index contributed by atoms with van der Waals surface area (Å²) in [5.74, 6) is 2.65. The molecule has 1 N–H and O–H groups in total. The first-order chi connectivity index (χ1) is 13.2. The number of methoxy groups -OCH3 is 1. The van der Waals surface area contributed by atoms with Crippen molar-refractivity contribution < 1.29 is 4.74 Å². The Hall–Kier alpha value is -1.86. The molecule has 2 aliphatic heterocycles. The van der Waals surface area contributed by atoms with E-state index in [1.165, 1.54) is 5.56 Å². The summed E-state index contributed by atoms with van der Waals surface area (Å²) in [6.07, 6.45) is 3.15. The number of likely N-dealkylation sites (tertiary alicyclic amines) is 1. The number of aliphatic imine (C=N–C) groups is 1. The van der Waals surface area contributed by atoms with Crippen LogP contribution in [-0.2, 0) is 11.3 Å². The van der Waals surface area contributed by atoms with Gasteiger partial charge in [-0.1, -0.05) is 13.0 Å². The van der Waals surface area contributed by atoms with Crippen LogP contribution in [0.25, 0.3) is 0 Å². The number of nitrogens with one attached hydrogen (secondary N) is 1. The molecule has 1 aromatic heterocycles. The van der Waals surface area contributed by atoms with Gasteiger partial charge in [0, 0.05) is 72.1 Å². The lowest BCUT2D eigenvalue weighted by Crippen LogP contribution is -2.46. The number of pyridine rings is 1. The number of nitrogens with zero attached hydrogens (tertiary/aromatic N) is 5. The molecule has 3 rings (SSSR count). The van der Waals surface area contributed by atoms with Crippen molar-refractivity contribution in [3.8, 4) is 0 Å². The molecular formula is C20H34N6O. The number of aromatic nitrogens is 1. The predicted octanol–water partition coefficient (Wildman–Crippen LogP) is 1.27. The van der Waals surface area contributed by atoms with Crippen LogP contribution in [0.5, 0.6) is 0 Å². The zero-order chi connectivity index (χ0) is 19.1. The van der Waals surface area contributed by atoms with Gasteiger partial charge < -0.3 is 24.8 Å². The fourth-order valence-corrected chi connectivity index (χ4v) is 3.91. The summed E-state index contributed by atoms with van der Waals surface area (Å²) in [5.41, 5.74) is 1.18. The molecule has 0 aromatic carbocycles. The molecule has 0 saturated carbocycles. The zero-order valence-corrected chi connectivity index (χ0v) is 17.0. The average Bonchev–Trinajstić information content (AvgIpc) is 3.18. The number of piperazine rings is 1. The molecular weight excluding hydrogens is 340 g/mol. The van der Waals surface area contributed by atoms with Crippen molar-refractivity contribution in [1.82, 2.24) is 20.1 Å². The highest BCUT2D eigenvalue weighted by Crippen LogP contribution is 2.17. The third kappa shape index (κ3) is 5.32. The number of guanidine groups is 1. The number of ether oxygens (including phenoxy) is 1. The molecule has 2 saturated heterocycles. The first kappa shape index (κ1) is 19.9. The molecule has 0 radical (unpaired) electrons. The van der Waals surface area contributed by atoms with E-state index in [0.717, 1.165) is 77.2 Å². The van der Waals surface area contributed by atoms with Gasteiger partial charge in [0.15, 0.2) is 5.96 Å². The van der Waals surface area contributed by atoms with Crippen molar-refractivity contribution >= 4 is 11.8 Å². The summed E-state index contributed by atoms with van der Waals surface area (Å²) in [7, 11) is 3.62. The molecule has 0 bridgehead atoms. The Morgan fingerprint density at radius 1 is 1.26 bits per heavy atom. The number of hydrogen-bond donors (Lipinski definition) is 1. The summed E-state index contributed by atoms with van der Waals surface area (Å²) in [6, 6.07) is 4.32. The van der Waals surface area contributed by atoms with Crippen molar-refractivity contribution in [3.05, 3.63) is 23.9 Å². The van der Waals surface area contributed by atoms with Gasteiger partial charge in [-0.2, -0.15) is 0 Å². The molecule has 0 aliphatic carbocycles. The first-order valence-electron chi connectivity index (χ1n) is 10.1. The van der Waals surface area contributed by atoms with Crippen LogP contribution >= 0.6 is 0 Å². The fraction of sp³-hybridized carbons (Fsp3) is 0.700. The number of rotatable bonds is 6. The highest BCUT2D eigenvalue weighted by atomic mass is 16.5. The maximum atomic E-state index is 5.29. The van der Waals surface area contributed by atoms with E-state index in [9.17, 15) is 0 Å². The van der Waals surface area contributed by atoms with Crippen molar-refractivity contribution in [2.45, 2.75) is 19.9 Å². The minimum absolute atomic E-state index is 0.600. The van der Waals surface area contributed by atoms with E-state index in [-0.39, 0.29) is 0 Å². The lowest BCUT2D eigenvalue weighted by atomic mass is 10.1. The van der Waals surface area contributed by atoms with Gasteiger partial charge in [0.2, 0.25) is 0 Å². The van der Waals surface area contributed by atoms with Crippen LogP contribution in [0.4, 0.5) is 5.82 Å². The Labute approximate surface area is 163 Å². The third-order valence-corrected chi connectivity index (χ3v) is 5.60. The minimum Gasteiger partial charge on any atom is -0.384 e. The van der Waals surface area contributed by atoms with Gasteiger partial charge in [0.05, 0.1) is 6.61 Å². The maximum Gasteiger partial charge on any atom is 0.193 e. The molecule has 7 heteroatoms. The van der Waals surface area contributed by atoms with E-state index in [2.05, 4.69) is 49.0 Å². The van der Waals surface area contributed by atoms with Gasteiger partial charge in [-0.15, -0.1) is 0 Å². The molecule has 2 aliphatic rings. The SMILES string of the molecule is CCN1CCN(c2ccc(CNC(=NC)N3CCC(COC)C3)cn2)CC1. The molecule has 1 atom stereocenters. The molecule has 1 unspecified atom stereocenters. The van der Waals surface area contributed by atoms with Crippen molar-refractivity contribution in [1.29, 1.82) is 0 Å². The normalized spacial score (nSPS) is 21.7. The summed E-state index contributed by atoms with van der Waals surface area (Å²) < 4.78 is 5.29. The van der Waals surface area contributed by atoms with E-state index in [1.54, 1.807) is 7.11 Å². The first-order valence-corrected chi connectivity index (χ1v) is 10.1. The van der Waals surface area contributed by atoms with E-state index in [4.69, 9.17) is 4.74 Å². The highest BCUT2D eigenvalue weighted by Gasteiger charge is 2.24. The minimum atomic E-state index is 0.600. The van der Waals surface area contributed by atoms with Gasteiger partial charge in [-0.3, -0.25) is 4.99 Å². The smallest absolute Gasteiger partial charge is 0.193 e. The second-order valence-electron chi connectivity index (χ2n) is 7.40. The van der Waals surface area contributed by atoms with Gasteiger partial charge in [0.1, 0.15) is 5.82 Å². The van der Waals surface area contributed by atoms with E-state index in [0.29, 0.717) is 5.92 Å². The molecule has 7 nitrogen and oxygen atoms in total. The number of hydrogen-bond acceptors (Lipinski definition) is 5. The largest absolute Gasteiger partial charge is 0.384 e. The van der Waals surface area contributed by atoms with E-state index in [1.807, 2.05) is 13.2 Å². The lowest BCUT2D eigenvalue weighted by molar-refractivity contribution is 0.157. The van der Waals surface area contributed by atoms with Crippen LogP contribution in [-0.4, -0.2) is 87.3 Å². The zero-order valence-electron chi connectivity index (χ0n) is 17.0. The van der Waals surface area contributed by atoms with Gasteiger partial charge in [-0.05, 0) is 24.6 Å². The summed E-state index contributed by atoms with van der Waals surface area (Å²) in [4.78, 5) is 16.3. The molecule has 1 aromatic rings. The van der Waals surface area contributed by atoms with Gasteiger partial charge in [-0.25, -0.2) is 4.98 Å². The standard InChI is InChI=1S/C20H34N6O/c1-4-24-9-11-25(12-10-24)19-6-5-17(13-22-19)14-23-20(21-2)26-8-7-18(15-26)16-27-3/h5-6,13,18H,4,7-12,14-16H2,1-3H3,(H,21,23). The Morgan fingerprint density at radius 3 is 2.70 bits per heavy atom. The van der Waals surface area contributed by atoms with E-state index < -0.39 is 0 Å². The average molecular weight is 375 g/mol. The quantitative estimate of drug-likeness (QED) is 0.598. The Kier molecular flexibility index (Phi) is 7.29. The van der Waals surface area contributed by atoms with Gasteiger partial charge in [0.25, 0.3) is 0 Å². The predicted molar refractivity (Wildman–Crippen MR) is 110 cm³/mol. The van der Waals surface area contributed by atoms with Crippen LogP contribution < -0.4 is 10.2 Å². The topological polar surface area (TPSA) is 56.2 Å². The molecule has 27 heavy (non-hydrogen) atoms. The maximum absolute atomic E-state index is 5.29. The molecule has 150 valence electrons. The molecule has 0 amide bonds. The fourth-order valence-electron chi connectivity index (χ4n) is 3.91. The van der Waals surface area contributed by atoms with Crippen LogP contribution in [0, 0.1) is 5.92 Å². The van der Waals surface area contributed by atoms with Crippen molar-refractivity contribution in [2.24, 2.45) is 10.9 Å². The van der Waals surface area contributed by atoms with Crippen LogP contribution in [0.1, 0.15) is 18.9 Å². The molecule has 0 spiro atoms. The van der Waals surface area contributed by atoms with Crippen molar-refractivity contribution in [2.75, 3.05) is 71.5 Å². The van der Waals surface area contributed by atoms with Crippen LogP contribution in [0.3, 0.4) is 0 Å². The van der Waals surface area contributed by atoms with Crippen molar-refractivity contribution in [3.63, 3.8) is 0 Å². The number of likely N-dealkylation sites (N-methyl/N-ethyl adjacent to an activating group) is 1. The Morgan fingerprint density at radius 2 is 2.07 bits per heavy atom. The van der Waals surface area contributed by atoms with Crippen LogP contribution in [0.2, 0.25) is 0 Å². The van der Waals surface area contributed by atoms with Crippen LogP contribution in [0.15, 0.2) is 23.3 Å². The Bertz CT molecular complexity index is 597.